The highest BCUT2D eigenvalue weighted by molar-refractivity contribution is 7.99. The average Bonchev–Trinajstić information content (AvgIpc) is 2.23. The van der Waals surface area contributed by atoms with Crippen LogP contribution in [-0.4, -0.2) is 30.6 Å². The molecule has 0 fully saturated rings. The van der Waals surface area contributed by atoms with Gasteiger partial charge in [0.05, 0.1) is 18.3 Å². The first-order chi connectivity index (χ1) is 7.15. The molecule has 0 spiro atoms. The molecule has 0 amide bonds. The highest BCUT2D eigenvalue weighted by atomic mass is 32.2. The Morgan fingerprint density at radius 2 is 2.07 bits per heavy atom. The number of hydrogen-bond donors (Lipinski definition) is 1. The predicted molar refractivity (Wildman–Crippen MR) is 65.9 cm³/mol. The van der Waals surface area contributed by atoms with Crippen LogP contribution < -0.4 is 4.90 Å². The summed E-state index contributed by atoms with van der Waals surface area (Å²) in [5.74, 6) is 0.976. The van der Waals surface area contributed by atoms with Crippen molar-refractivity contribution in [3.63, 3.8) is 0 Å². The Kier molecular flexibility index (Phi) is 2.94. The van der Waals surface area contributed by atoms with Gasteiger partial charge in [0.15, 0.2) is 0 Å². The van der Waals surface area contributed by atoms with Gasteiger partial charge in [0.2, 0.25) is 0 Å². The highest BCUT2D eigenvalue weighted by Gasteiger charge is 2.25. The minimum atomic E-state index is 0.232. The number of fused-ring (bicyclic) bond motifs is 1. The number of anilines is 1. The molecule has 2 nitrogen and oxygen atoms in total. The fraction of sp³-hybridized carbons (Fsp3) is 0.500. The summed E-state index contributed by atoms with van der Waals surface area (Å²) in [6, 6.07) is 4.59. The first-order valence-corrected chi connectivity index (χ1v) is 6.20. The summed E-state index contributed by atoms with van der Waals surface area (Å²) in [4.78, 5) is 3.59. The van der Waals surface area contributed by atoms with E-state index in [1.807, 2.05) is 11.8 Å². The van der Waals surface area contributed by atoms with Gasteiger partial charge in [-0.1, -0.05) is 12.1 Å². The Labute approximate surface area is 95.3 Å². The van der Waals surface area contributed by atoms with Crippen molar-refractivity contribution in [2.75, 3.05) is 24.3 Å². The zero-order valence-corrected chi connectivity index (χ0v) is 10.3. The molecule has 3 heteroatoms. The molecule has 0 radical (unpaired) electrons. The molecule has 1 aromatic rings. The molecule has 1 aliphatic rings. The van der Waals surface area contributed by atoms with Gasteiger partial charge in [-0.2, -0.15) is 0 Å². The van der Waals surface area contributed by atoms with E-state index in [1.165, 1.54) is 21.7 Å². The van der Waals surface area contributed by atoms with Gasteiger partial charge in [0.25, 0.3) is 0 Å². The van der Waals surface area contributed by atoms with Crippen molar-refractivity contribution in [3.05, 3.63) is 23.3 Å². The van der Waals surface area contributed by atoms with Crippen molar-refractivity contribution in [2.24, 2.45) is 0 Å². The Balaban J connectivity index is 2.50. The summed E-state index contributed by atoms with van der Waals surface area (Å²) in [6.45, 7) is 4.52. The maximum Gasteiger partial charge on any atom is 0.0643 e. The van der Waals surface area contributed by atoms with Crippen LogP contribution >= 0.6 is 11.8 Å². The van der Waals surface area contributed by atoms with E-state index < -0.39 is 0 Å². The number of benzene rings is 1. The molecule has 0 saturated heterocycles. The minimum Gasteiger partial charge on any atom is -0.394 e. The standard InChI is InChI=1S/C12H17NOS/c1-8-4-5-9(2)12-11(8)13(3)10(6-14)7-15-12/h4-5,10,14H,6-7H2,1-3H3. The van der Waals surface area contributed by atoms with Crippen LogP contribution in [-0.2, 0) is 0 Å². The van der Waals surface area contributed by atoms with Crippen LogP contribution in [0.2, 0.25) is 0 Å². The number of aliphatic hydroxyl groups excluding tert-OH is 1. The lowest BCUT2D eigenvalue weighted by atomic mass is 10.1. The fourth-order valence-corrected chi connectivity index (χ4v) is 3.47. The number of hydrogen-bond acceptors (Lipinski definition) is 3. The topological polar surface area (TPSA) is 23.5 Å². The lowest BCUT2D eigenvalue weighted by molar-refractivity contribution is 0.271. The van der Waals surface area contributed by atoms with Gasteiger partial charge in [-0.25, -0.2) is 0 Å². The Morgan fingerprint density at radius 1 is 1.40 bits per heavy atom. The van der Waals surface area contributed by atoms with E-state index in [0.717, 1.165) is 5.75 Å². The van der Waals surface area contributed by atoms with Gasteiger partial charge >= 0.3 is 0 Å². The van der Waals surface area contributed by atoms with Crippen molar-refractivity contribution >= 4 is 17.4 Å². The highest BCUT2D eigenvalue weighted by Crippen LogP contribution is 2.40. The average molecular weight is 223 g/mol. The quantitative estimate of drug-likeness (QED) is 0.789. The largest absolute Gasteiger partial charge is 0.394 e. The van der Waals surface area contributed by atoms with Gasteiger partial charge in [-0.15, -0.1) is 11.8 Å². The maximum atomic E-state index is 9.29. The lowest BCUT2D eigenvalue weighted by Gasteiger charge is -2.36. The summed E-state index contributed by atoms with van der Waals surface area (Å²) >= 11 is 1.86. The van der Waals surface area contributed by atoms with Crippen molar-refractivity contribution in [1.82, 2.24) is 0 Å². The summed E-state index contributed by atoms with van der Waals surface area (Å²) in [5, 5.41) is 9.29. The zero-order valence-electron chi connectivity index (χ0n) is 9.45. The van der Waals surface area contributed by atoms with E-state index in [-0.39, 0.29) is 12.6 Å². The fourth-order valence-electron chi connectivity index (χ4n) is 2.04. The lowest BCUT2D eigenvalue weighted by Crippen LogP contribution is -2.40. The van der Waals surface area contributed by atoms with Crippen LogP contribution in [0.15, 0.2) is 17.0 Å². The molecule has 15 heavy (non-hydrogen) atoms. The van der Waals surface area contributed by atoms with Crippen molar-refractivity contribution in [3.8, 4) is 0 Å². The van der Waals surface area contributed by atoms with Gasteiger partial charge in [-0.05, 0) is 25.0 Å². The second kappa shape index (κ2) is 4.06. The second-order valence-corrected chi connectivity index (χ2v) is 5.17. The van der Waals surface area contributed by atoms with Crippen LogP contribution in [0.5, 0.6) is 0 Å². The van der Waals surface area contributed by atoms with Gasteiger partial charge < -0.3 is 10.0 Å². The molecule has 0 bridgehead atoms. The third-order valence-electron chi connectivity index (χ3n) is 3.06. The second-order valence-electron chi connectivity index (χ2n) is 4.14. The summed E-state index contributed by atoms with van der Waals surface area (Å²) in [7, 11) is 2.08. The van der Waals surface area contributed by atoms with Gasteiger partial charge in [-0.3, -0.25) is 0 Å². The Hall–Kier alpha value is -0.670. The number of thioether (sulfide) groups is 1. The normalized spacial score (nSPS) is 20.3. The maximum absolute atomic E-state index is 9.29. The first-order valence-electron chi connectivity index (χ1n) is 5.22. The number of aryl methyl sites for hydroxylation is 2. The molecule has 1 heterocycles. The SMILES string of the molecule is Cc1ccc(C)c2c1SCC(CO)N2C. The first kappa shape index (κ1) is 10.8. The van der Waals surface area contributed by atoms with E-state index in [2.05, 4.69) is 37.9 Å². The number of likely N-dealkylation sites (N-methyl/N-ethyl adjacent to an activating group) is 1. The smallest absolute Gasteiger partial charge is 0.0643 e. The van der Waals surface area contributed by atoms with Crippen LogP contribution in [0, 0.1) is 13.8 Å². The van der Waals surface area contributed by atoms with E-state index in [1.54, 1.807) is 0 Å². The summed E-state index contributed by atoms with van der Waals surface area (Å²) in [5.41, 5.74) is 3.93. The van der Waals surface area contributed by atoms with Crippen molar-refractivity contribution in [1.29, 1.82) is 0 Å². The molecule has 2 rings (SSSR count). The molecule has 0 saturated carbocycles. The molecule has 82 valence electrons. The minimum absolute atomic E-state index is 0.232. The summed E-state index contributed by atoms with van der Waals surface area (Å²) < 4.78 is 0. The number of aliphatic hydroxyl groups is 1. The van der Waals surface area contributed by atoms with Gasteiger partial charge in [0, 0.05) is 17.7 Å². The molecule has 0 aromatic heterocycles. The van der Waals surface area contributed by atoms with E-state index in [9.17, 15) is 5.11 Å². The van der Waals surface area contributed by atoms with Crippen LogP contribution in [0.4, 0.5) is 5.69 Å². The third-order valence-corrected chi connectivity index (χ3v) is 4.42. The molecule has 1 atom stereocenters. The Morgan fingerprint density at radius 3 is 2.73 bits per heavy atom. The van der Waals surface area contributed by atoms with Crippen molar-refractivity contribution in [2.45, 2.75) is 24.8 Å². The number of rotatable bonds is 1. The molecule has 1 N–H and O–H groups in total. The van der Waals surface area contributed by atoms with Crippen LogP contribution in [0.1, 0.15) is 11.1 Å². The molecule has 1 unspecified atom stereocenters. The van der Waals surface area contributed by atoms with E-state index >= 15 is 0 Å². The Bertz CT molecular complexity index is 378. The predicted octanol–water partition coefficient (Wildman–Crippen LogP) is 2.21. The molecular weight excluding hydrogens is 206 g/mol. The van der Waals surface area contributed by atoms with E-state index in [0.29, 0.717) is 0 Å². The summed E-state index contributed by atoms with van der Waals surface area (Å²) in [6.07, 6.45) is 0. The van der Waals surface area contributed by atoms with E-state index in [4.69, 9.17) is 0 Å². The number of nitrogens with zero attached hydrogens (tertiary/aromatic N) is 1. The van der Waals surface area contributed by atoms with Crippen molar-refractivity contribution < 1.29 is 5.11 Å². The van der Waals surface area contributed by atoms with Crippen LogP contribution in [0.3, 0.4) is 0 Å². The van der Waals surface area contributed by atoms with Gasteiger partial charge in [0.1, 0.15) is 0 Å². The molecular formula is C12H17NOS. The monoisotopic (exact) mass is 223 g/mol. The molecule has 1 aliphatic heterocycles. The zero-order chi connectivity index (χ0) is 11.0. The molecule has 0 aliphatic carbocycles. The molecule has 1 aromatic carbocycles. The third kappa shape index (κ3) is 1.74. The van der Waals surface area contributed by atoms with Crippen LogP contribution in [0.25, 0.3) is 0 Å².